The number of fused-ring (bicyclic) bond motifs is 2. The number of imidazole rings is 2. The number of H-pyrrole nitrogens is 2. The molecule has 3 fully saturated rings. The molecular weight excluding hydrogens is 747 g/mol. The van der Waals surface area contributed by atoms with Crippen molar-refractivity contribution in [1.82, 2.24) is 40.0 Å². The normalized spacial score (nSPS) is 21.3. The molecule has 6 heterocycles. The van der Waals surface area contributed by atoms with Crippen LogP contribution in [0.3, 0.4) is 0 Å². The average Bonchev–Trinajstić information content (AvgIpc) is 4.07. The van der Waals surface area contributed by atoms with E-state index in [-0.39, 0.29) is 41.9 Å². The fourth-order valence-electron chi connectivity index (χ4n) is 9.42. The third kappa shape index (κ3) is 8.05. The molecule has 0 radical (unpaired) electrons. The summed E-state index contributed by atoms with van der Waals surface area (Å²) in [5.41, 5.74) is 6.97. The zero-order valence-electron chi connectivity index (χ0n) is 35.0. The molecule has 8 rings (SSSR count). The Labute approximate surface area is 345 Å². The van der Waals surface area contributed by atoms with Crippen molar-refractivity contribution in [2.24, 2.45) is 11.8 Å². The molecule has 3 aliphatic heterocycles. The highest BCUT2D eigenvalue weighted by molar-refractivity contribution is 5.87. The summed E-state index contributed by atoms with van der Waals surface area (Å²) in [4.78, 5) is 67.3. The molecule has 0 unspecified atom stereocenters. The topological polar surface area (TPSA) is 162 Å². The Morgan fingerprint density at radius 2 is 1.39 bits per heavy atom. The number of aromatic nitrogens is 5. The molecule has 3 saturated heterocycles. The van der Waals surface area contributed by atoms with Crippen LogP contribution in [0, 0.1) is 11.8 Å². The molecule has 3 amide bonds. The van der Waals surface area contributed by atoms with Crippen LogP contribution in [0.4, 0.5) is 10.5 Å². The highest BCUT2D eigenvalue weighted by atomic mass is 16.5. The lowest BCUT2D eigenvalue weighted by molar-refractivity contribution is -0.135. The van der Waals surface area contributed by atoms with Crippen molar-refractivity contribution in [2.45, 2.75) is 110 Å². The van der Waals surface area contributed by atoms with E-state index in [9.17, 15) is 14.4 Å². The van der Waals surface area contributed by atoms with Crippen molar-refractivity contribution in [2.75, 3.05) is 31.7 Å². The van der Waals surface area contributed by atoms with E-state index in [1.165, 1.54) is 12.7 Å². The number of nitrogens with one attached hydrogen (secondary N) is 3. The number of nitrogens with zero attached hydrogens (tertiary/aromatic N) is 6. The van der Waals surface area contributed by atoms with E-state index < -0.39 is 12.1 Å². The van der Waals surface area contributed by atoms with E-state index in [1.54, 1.807) is 0 Å². The van der Waals surface area contributed by atoms with Crippen LogP contribution in [0.15, 0.2) is 54.7 Å². The number of hydrogen-bond acceptors (Lipinski definition) is 9. The van der Waals surface area contributed by atoms with Crippen molar-refractivity contribution >= 4 is 45.7 Å². The highest BCUT2D eigenvalue weighted by Gasteiger charge is 2.39. The summed E-state index contributed by atoms with van der Waals surface area (Å²) in [6, 6.07) is 16.1. The van der Waals surface area contributed by atoms with Gasteiger partial charge in [0.25, 0.3) is 0 Å². The molecule has 3 aliphatic rings. The number of rotatable bonds is 12. The van der Waals surface area contributed by atoms with E-state index in [0.29, 0.717) is 31.4 Å². The SMILES string of the molecule is CCOc1ccc(N2[C@@H](c3ccc4nc([C@@H]5CCCN5C(=O)CC(C)C)[nH]c4c3)CC[C@@H]2c2ccc3nc([C@@H]4CCCN4C(=O)[C@@H](NC(=O)OC)C(C)C)[nH]c3c2)cn1. The maximum Gasteiger partial charge on any atom is 0.407 e. The second-order valence-electron chi connectivity index (χ2n) is 17.0. The summed E-state index contributed by atoms with van der Waals surface area (Å²) in [5.74, 6) is 2.47. The number of alkyl carbamates (subject to hydrolysis) is 1. The Morgan fingerprint density at radius 3 is 1.92 bits per heavy atom. The lowest BCUT2D eigenvalue weighted by Crippen LogP contribution is -2.51. The molecule has 312 valence electrons. The number of anilines is 1. The average molecular weight is 804 g/mol. The number of benzene rings is 2. The Morgan fingerprint density at radius 1 is 0.797 bits per heavy atom. The monoisotopic (exact) mass is 803 g/mol. The lowest BCUT2D eigenvalue weighted by Gasteiger charge is -2.33. The van der Waals surface area contributed by atoms with Gasteiger partial charge < -0.3 is 39.5 Å². The number of ether oxygens (including phenoxy) is 2. The molecule has 5 atom stereocenters. The first-order chi connectivity index (χ1) is 28.5. The van der Waals surface area contributed by atoms with Gasteiger partial charge in [0.15, 0.2) is 0 Å². The summed E-state index contributed by atoms with van der Waals surface area (Å²) in [6.07, 6.45) is 7.19. The molecule has 59 heavy (non-hydrogen) atoms. The second kappa shape index (κ2) is 16.9. The van der Waals surface area contributed by atoms with Gasteiger partial charge in [-0.25, -0.2) is 19.7 Å². The zero-order chi connectivity index (χ0) is 41.4. The molecule has 14 nitrogen and oxygen atoms in total. The van der Waals surface area contributed by atoms with Gasteiger partial charge in [-0.05, 0) is 98.7 Å². The molecule has 0 bridgehead atoms. The Bertz CT molecular complexity index is 2300. The molecule has 14 heteroatoms. The highest BCUT2D eigenvalue weighted by Crippen LogP contribution is 2.48. The third-order valence-electron chi connectivity index (χ3n) is 12.2. The van der Waals surface area contributed by atoms with Gasteiger partial charge in [0, 0.05) is 25.6 Å². The summed E-state index contributed by atoms with van der Waals surface area (Å²) in [6.45, 7) is 11.9. The van der Waals surface area contributed by atoms with Crippen LogP contribution in [-0.2, 0) is 14.3 Å². The van der Waals surface area contributed by atoms with E-state index in [2.05, 4.69) is 81.5 Å². The predicted octanol–water partition coefficient (Wildman–Crippen LogP) is 8.07. The number of carbonyl (C=O) groups excluding carboxylic acids is 3. The van der Waals surface area contributed by atoms with Crippen LogP contribution >= 0.6 is 0 Å². The quantitative estimate of drug-likeness (QED) is 0.113. The Balaban J connectivity index is 1.08. The zero-order valence-corrected chi connectivity index (χ0v) is 35.0. The van der Waals surface area contributed by atoms with Crippen molar-refractivity contribution in [3.63, 3.8) is 0 Å². The van der Waals surface area contributed by atoms with E-state index in [4.69, 9.17) is 19.4 Å². The summed E-state index contributed by atoms with van der Waals surface area (Å²) < 4.78 is 10.5. The summed E-state index contributed by atoms with van der Waals surface area (Å²) in [7, 11) is 1.30. The Hall–Kier alpha value is -5.66. The van der Waals surface area contributed by atoms with E-state index in [0.717, 1.165) is 90.0 Å². The number of aromatic amines is 2. The number of hydrogen-bond donors (Lipinski definition) is 3. The molecule has 3 aromatic heterocycles. The van der Waals surface area contributed by atoms with Crippen LogP contribution in [0.25, 0.3) is 22.1 Å². The molecular formula is C45H57N9O5. The minimum atomic E-state index is -0.698. The first-order valence-corrected chi connectivity index (χ1v) is 21.3. The van der Waals surface area contributed by atoms with Gasteiger partial charge in [0.2, 0.25) is 17.7 Å². The minimum Gasteiger partial charge on any atom is -0.478 e. The lowest BCUT2D eigenvalue weighted by atomic mass is 10.0. The number of likely N-dealkylation sites (tertiary alicyclic amines) is 2. The minimum absolute atomic E-state index is 0.0323. The van der Waals surface area contributed by atoms with Gasteiger partial charge in [0.1, 0.15) is 17.7 Å². The van der Waals surface area contributed by atoms with Gasteiger partial charge >= 0.3 is 6.09 Å². The predicted molar refractivity (Wildman–Crippen MR) is 226 cm³/mol. The molecule has 0 saturated carbocycles. The smallest absolute Gasteiger partial charge is 0.407 e. The summed E-state index contributed by atoms with van der Waals surface area (Å²) in [5, 5.41) is 2.74. The number of methoxy groups -OCH3 is 1. The van der Waals surface area contributed by atoms with Crippen LogP contribution < -0.4 is 15.0 Å². The van der Waals surface area contributed by atoms with Gasteiger partial charge in [-0.15, -0.1) is 0 Å². The number of pyridine rings is 1. The van der Waals surface area contributed by atoms with Gasteiger partial charge in [0.05, 0.1) is 71.8 Å². The standard InChI is InChI=1S/C45H57N9O5/c1-7-59-39-19-14-30(25-46-39)54-35(28-12-15-31-33(23-28)49-42(47-31)37-10-8-20-52(37)40(55)22-26(2)3)17-18-36(54)29-13-16-32-34(24-29)50-43(48-32)38-11-9-21-53(38)44(56)41(27(4)5)51-45(57)58-6/h12-16,19,23-27,35-38,41H,7-11,17-18,20-22H2,1-6H3,(H,47,49)(H,48,50)(H,51,57)/t35-,36-,37+,38+,41+/m1/s1. The molecule has 5 aromatic rings. The fraction of sp³-hybridized carbons (Fsp3) is 0.511. The Kier molecular flexibility index (Phi) is 11.5. The van der Waals surface area contributed by atoms with E-state index in [1.807, 2.05) is 42.8 Å². The number of amides is 3. The number of carbonyl (C=O) groups is 3. The first kappa shape index (κ1) is 40.1. The van der Waals surface area contributed by atoms with Gasteiger partial charge in [-0.1, -0.05) is 39.8 Å². The fourth-order valence-corrected chi connectivity index (χ4v) is 9.42. The van der Waals surface area contributed by atoms with Crippen molar-refractivity contribution < 1.29 is 23.9 Å². The van der Waals surface area contributed by atoms with Crippen LogP contribution in [-0.4, -0.2) is 85.5 Å². The largest absolute Gasteiger partial charge is 0.478 e. The van der Waals surface area contributed by atoms with Crippen molar-refractivity contribution in [1.29, 1.82) is 0 Å². The van der Waals surface area contributed by atoms with Crippen LogP contribution in [0.1, 0.15) is 127 Å². The third-order valence-corrected chi connectivity index (χ3v) is 12.2. The maximum atomic E-state index is 13.8. The van der Waals surface area contributed by atoms with Gasteiger partial charge in [-0.3, -0.25) is 9.59 Å². The molecule has 2 aromatic carbocycles. The molecule has 0 spiro atoms. The van der Waals surface area contributed by atoms with E-state index >= 15 is 0 Å². The van der Waals surface area contributed by atoms with Gasteiger partial charge in [-0.2, -0.15) is 0 Å². The summed E-state index contributed by atoms with van der Waals surface area (Å²) >= 11 is 0. The van der Waals surface area contributed by atoms with Crippen LogP contribution in [0.5, 0.6) is 5.88 Å². The molecule has 0 aliphatic carbocycles. The first-order valence-electron chi connectivity index (χ1n) is 21.3. The van der Waals surface area contributed by atoms with Crippen molar-refractivity contribution in [3.8, 4) is 5.88 Å². The second-order valence-corrected chi connectivity index (χ2v) is 17.0. The molecule has 3 N–H and O–H groups in total. The maximum absolute atomic E-state index is 13.8. The van der Waals surface area contributed by atoms with Crippen LogP contribution in [0.2, 0.25) is 0 Å². The van der Waals surface area contributed by atoms with Crippen molar-refractivity contribution in [3.05, 3.63) is 77.5 Å².